The molecule has 0 aliphatic rings. The van der Waals surface area contributed by atoms with Gasteiger partial charge in [0.1, 0.15) is 6.54 Å². The second kappa shape index (κ2) is 8.79. The van der Waals surface area contributed by atoms with E-state index in [0.29, 0.717) is 0 Å². The van der Waals surface area contributed by atoms with Gasteiger partial charge < -0.3 is 10.4 Å². The van der Waals surface area contributed by atoms with Crippen molar-refractivity contribution in [1.82, 2.24) is 5.32 Å². The second-order valence-corrected chi connectivity index (χ2v) is 3.30. The third kappa shape index (κ3) is 9.08. The minimum atomic E-state index is -1.05. The highest BCUT2D eigenvalue weighted by molar-refractivity contribution is 7.81. The number of nitrogens with one attached hydrogen (secondary N) is 1. The van der Waals surface area contributed by atoms with Gasteiger partial charge in [0.15, 0.2) is 0 Å². The number of hydrogen-bond donors (Lipinski definition) is 3. The van der Waals surface area contributed by atoms with Gasteiger partial charge in [-0.1, -0.05) is 35.9 Å². The number of hydrogen-bond acceptors (Lipinski definition) is 3. The molecule has 16 heavy (non-hydrogen) atoms. The number of carbonyl (C=O) groups is 2. The van der Waals surface area contributed by atoms with E-state index in [1.54, 1.807) is 0 Å². The molecule has 0 heterocycles. The van der Waals surface area contributed by atoms with E-state index in [9.17, 15) is 9.59 Å². The zero-order chi connectivity index (χ0) is 12.4. The Morgan fingerprint density at radius 1 is 1.31 bits per heavy atom. The van der Waals surface area contributed by atoms with Crippen LogP contribution < -0.4 is 5.32 Å². The van der Waals surface area contributed by atoms with Crippen LogP contribution >= 0.6 is 12.6 Å². The SMILES string of the molecule is Cc1ccccc1.O=C(O)CNC(=O)CS. The molecule has 1 aromatic carbocycles. The van der Waals surface area contributed by atoms with Crippen molar-refractivity contribution in [2.75, 3.05) is 12.3 Å². The van der Waals surface area contributed by atoms with Gasteiger partial charge in [0, 0.05) is 0 Å². The van der Waals surface area contributed by atoms with Gasteiger partial charge in [-0.05, 0) is 6.92 Å². The van der Waals surface area contributed by atoms with Crippen molar-refractivity contribution in [1.29, 1.82) is 0 Å². The van der Waals surface area contributed by atoms with Crippen molar-refractivity contribution in [3.63, 3.8) is 0 Å². The molecule has 4 nitrogen and oxygen atoms in total. The molecule has 0 unspecified atom stereocenters. The maximum atomic E-state index is 10.3. The maximum Gasteiger partial charge on any atom is 0.322 e. The predicted molar refractivity (Wildman–Crippen MR) is 65.7 cm³/mol. The first-order valence-electron chi connectivity index (χ1n) is 4.67. The van der Waals surface area contributed by atoms with E-state index in [-0.39, 0.29) is 18.2 Å². The maximum absolute atomic E-state index is 10.3. The molecule has 5 heteroatoms. The van der Waals surface area contributed by atoms with E-state index >= 15 is 0 Å². The monoisotopic (exact) mass is 241 g/mol. The van der Waals surface area contributed by atoms with Crippen LogP contribution in [0.3, 0.4) is 0 Å². The Morgan fingerprint density at radius 3 is 2.19 bits per heavy atom. The van der Waals surface area contributed by atoms with Crippen molar-refractivity contribution in [3.05, 3.63) is 35.9 Å². The number of aliphatic carboxylic acids is 1. The van der Waals surface area contributed by atoms with Gasteiger partial charge in [0.25, 0.3) is 0 Å². The van der Waals surface area contributed by atoms with Crippen molar-refractivity contribution in [3.8, 4) is 0 Å². The lowest BCUT2D eigenvalue weighted by molar-refractivity contribution is -0.137. The Balaban J connectivity index is 0.000000288. The lowest BCUT2D eigenvalue weighted by atomic mass is 10.2. The highest BCUT2D eigenvalue weighted by Gasteiger charge is 1.98. The Hall–Kier alpha value is -1.49. The summed E-state index contributed by atoms with van der Waals surface area (Å²) < 4.78 is 0. The summed E-state index contributed by atoms with van der Waals surface area (Å²) in [6.45, 7) is 1.75. The van der Waals surface area contributed by atoms with Crippen LogP contribution in [0.25, 0.3) is 0 Å². The molecule has 2 N–H and O–H groups in total. The second-order valence-electron chi connectivity index (χ2n) is 2.98. The normalized spacial score (nSPS) is 8.62. The van der Waals surface area contributed by atoms with Gasteiger partial charge in [0.05, 0.1) is 5.75 Å². The van der Waals surface area contributed by atoms with Gasteiger partial charge in [-0.15, -0.1) is 0 Å². The van der Waals surface area contributed by atoms with Gasteiger partial charge in [-0.2, -0.15) is 12.6 Å². The fraction of sp³-hybridized carbons (Fsp3) is 0.273. The number of aryl methyl sites for hydroxylation is 1. The van der Waals surface area contributed by atoms with Crippen LogP contribution in [0.15, 0.2) is 30.3 Å². The molecule has 0 atom stereocenters. The van der Waals surface area contributed by atoms with Gasteiger partial charge in [-0.25, -0.2) is 0 Å². The number of thiol groups is 1. The molecule has 88 valence electrons. The molecule has 0 bridgehead atoms. The van der Waals surface area contributed by atoms with Gasteiger partial charge in [0.2, 0.25) is 5.91 Å². The minimum absolute atomic E-state index is 0.0211. The lowest BCUT2D eigenvalue weighted by Gasteiger charge is -1.95. The molecule has 0 aliphatic heterocycles. The fourth-order valence-corrected chi connectivity index (χ4v) is 0.876. The average molecular weight is 241 g/mol. The zero-order valence-corrected chi connectivity index (χ0v) is 9.91. The van der Waals surface area contributed by atoms with Crippen LogP contribution in [0.1, 0.15) is 5.56 Å². The van der Waals surface area contributed by atoms with Crippen molar-refractivity contribution in [2.45, 2.75) is 6.92 Å². The summed E-state index contributed by atoms with van der Waals surface area (Å²) in [4.78, 5) is 20.0. The largest absolute Gasteiger partial charge is 0.480 e. The standard InChI is InChI=1S/C7H8.C4H7NO3S/c1-7-5-3-2-4-6-7;6-3(2-9)5-1-4(7)8/h2-6H,1H3;9H,1-2H2,(H,5,6)(H,7,8). The number of carboxylic acids is 1. The average Bonchev–Trinajstić information content (AvgIpc) is 2.27. The predicted octanol–water partition coefficient (Wildman–Crippen LogP) is 1.11. The molecule has 0 saturated carbocycles. The highest BCUT2D eigenvalue weighted by atomic mass is 32.1. The molecule has 0 fully saturated rings. The quantitative estimate of drug-likeness (QED) is 0.695. The molecule has 0 spiro atoms. The Labute approximate surface area is 100 Å². The molecular weight excluding hydrogens is 226 g/mol. The molecule has 0 aliphatic carbocycles. The van der Waals surface area contributed by atoms with Gasteiger partial charge >= 0.3 is 5.97 Å². The lowest BCUT2D eigenvalue weighted by Crippen LogP contribution is -2.29. The van der Waals surface area contributed by atoms with E-state index in [1.165, 1.54) is 5.56 Å². The summed E-state index contributed by atoms with van der Waals surface area (Å²) in [6, 6.07) is 10.3. The minimum Gasteiger partial charge on any atom is -0.480 e. The highest BCUT2D eigenvalue weighted by Crippen LogP contribution is 1.92. The topological polar surface area (TPSA) is 66.4 Å². The first-order chi connectivity index (χ1) is 7.56. The third-order valence-electron chi connectivity index (χ3n) is 1.52. The summed E-state index contributed by atoms with van der Waals surface area (Å²) in [5, 5.41) is 10.1. The van der Waals surface area contributed by atoms with E-state index in [2.05, 4.69) is 37.0 Å². The van der Waals surface area contributed by atoms with Crippen LogP contribution in [0.4, 0.5) is 0 Å². The third-order valence-corrected chi connectivity index (χ3v) is 1.81. The first-order valence-corrected chi connectivity index (χ1v) is 5.30. The van der Waals surface area contributed by atoms with E-state index in [0.717, 1.165) is 0 Å². The van der Waals surface area contributed by atoms with Crippen LogP contribution in [0, 0.1) is 6.92 Å². The number of carbonyl (C=O) groups excluding carboxylic acids is 1. The number of benzene rings is 1. The summed E-state index contributed by atoms with van der Waals surface area (Å²) in [5.74, 6) is -1.40. The Kier molecular flexibility index (Phi) is 7.97. The summed E-state index contributed by atoms with van der Waals surface area (Å²) >= 11 is 3.61. The smallest absolute Gasteiger partial charge is 0.322 e. The van der Waals surface area contributed by atoms with E-state index in [4.69, 9.17) is 5.11 Å². The molecule has 0 aromatic heterocycles. The van der Waals surface area contributed by atoms with Gasteiger partial charge in [-0.3, -0.25) is 9.59 Å². The summed E-state index contributed by atoms with van der Waals surface area (Å²) in [7, 11) is 0. The fourth-order valence-electron chi connectivity index (χ4n) is 0.764. The van der Waals surface area contributed by atoms with Crippen molar-refractivity contribution < 1.29 is 14.7 Å². The zero-order valence-electron chi connectivity index (χ0n) is 9.01. The number of rotatable bonds is 3. The molecular formula is C11H15NO3S. The van der Waals surface area contributed by atoms with Crippen molar-refractivity contribution >= 4 is 24.5 Å². The van der Waals surface area contributed by atoms with Crippen LogP contribution in [0.5, 0.6) is 0 Å². The van der Waals surface area contributed by atoms with Crippen LogP contribution in [-0.2, 0) is 9.59 Å². The van der Waals surface area contributed by atoms with E-state index in [1.807, 2.05) is 18.2 Å². The Bertz CT molecular complexity index is 327. The number of carboxylic acid groups (broad SMARTS) is 1. The molecule has 1 rings (SSSR count). The first kappa shape index (κ1) is 14.5. The molecule has 1 amide bonds. The van der Waals surface area contributed by atoms with Crippen LogP contribution in [0.2, 0.25) is 0 Å². The van der Waals surface area contributed by atoms with E-state index < -0.39 is 5.97 Å². The summed E-state index contributed by atoms with van der Waals surface area (Å²) in [6.07, 6.45) is 0. The van der Waals surface area contributed by atoms with Crippen molar-refractivity contribution in [2.24, 2.45) is 0 Å². The summed E-state index contributed by atoms with van der Waals surface area (Å²) in [5.41, 5.74) is 1.32. The molecule has 0 saturated heterocycles. The molecule has 1 aromatic rings. The van der Waals surface area contributed by atoms with Crippen LogP contribution in [-0.4, -0.2) is 29.3 Å². The Morgan fingerprint density at radius 2 is 1.88 bits per heavy atom. The number of amides is 1. The molecule has 0 radical (unpaired) electrons.